The molecule has 0 aliphatic heterocycles. The Bertz CT molecular complexity index is 1120. The number of rotatable bonds is 5. The molecule has 1 amide bonds. The van der Waals surface area contributed by atoms with E-state index in [0.717, 1.165) is 18.0 Å². The van der Waals surface area contributed by atoms with E-state index in [0.29, 0.717) is 17.7 Å². The molecule has 0 bridgehead atoms. The lowest BCUT2D eigenvalue weighted by Crippen LogP contribution is -2.43. The Hall–Kier alpha value is -3.50. The number of H-pyrrole nitrogens is 1. The number of halogens is 6. The van der Waals surface area contributed by atoms with Crippen LogP contribution in [-0.2, 0) is 28.3 Å². The van der Waals surface area contributed by atoms with Gasteiger partial charge < -0.3 is 15.0 Å². The minimum absolute atomic E-state index is 0.0828. The van der Waals surface area contributed by atoms with Crippen LogP contribution in [0.15, 0.2) is 48.7 Å². The number of carbonyl (C=O) groups is 2. The summed E-state index contributed by atoms with van der Waals surface area (Å²) in [6.07, 6.45) is -8.74. The first-order valence-corrected chi connectivity index (χ1v) is 9.13. The summed E-state index contributed by atoms with van der Waals surface area (Å²) in [6, 6.07) is 6.19. The van der Waals surface area contributed by atoms with Crippen molar-refractivity contribution in [1.29, 1.82) is 0 Å². The second kappa shape index (κ2) is 8.56. The van der Waals surface area contributed by atoms with Gasteiger partial charge in [-0.05, 0) is 29.8 Å². The number of amides is 1. The van der Waals surface area contributed by atoms with E-state index >= 15 is 0 Å². The van der Waals surface area contributed by atoms with E-state index in [1.54, 1.807) is 30.5 Å². The van der Waals surface area contributed by atoms with Gasteiger partial charge in [0.05, 0.1) is 18.2 Å². The van der Waals surface area contributed by atoms with Crippen LogP contribution >= 0.6 is 0 Å². The number of ether oxygens (including phenoxy) is 1. The average Bonchev–Trinajstić information content (AvgIpc) is 3.14. The van der Waals surface area contributed by atoms with Crippen LogP contribution in [0.2, 0.25) is 0 Å². The molecule has 0 radical (unpaired) electrons. The molecular weight excluding hydrogens is 442 g/mol. The van der Waals surface area contributed by atoms with E-state index < -0.39 is 47.0 Å². The molecule has 0 spiro atoms. The molecule has 5 nitrogen and oxygen atoms in total. The zero-order valence-corrected chi connectivity index (χ0v) is 16.4. The zero-order chi connectivity index (χ0) is 23.7. The minimum atomic E-state index is -5.11. The third-order valence-corrected chi connectivity index (χ3v) is 4.74. The molecule has 170 valence electrons. The van der Waals surface area contributed by atoms with Crippen LogP contribution in [0.5, 0.6) is 0 Å². The topological polar surface area (TPSA) is 71.2 Å². The Labute approximate surface area is 177 Å². The Morgan fingerprint density at radius 3 is 2.16 bits per heavy atom. The number of aromatic nitrogens is 1. The normalized spacial score (nSPS) is 13.1. The van der Waals surface area contributed by atoms with E-state index in [-0.39, 0.29) is 12.5 Å². The van der Waals surface area contributed by atoms with Gasteiger partial charge in [0, 0.05) is 29.1 Å². The Morgan fingerprint density at radius 2 is 1.59 bits per heavy atom. The summed E-state index contributed by atoms with van der Waals surface area (Å²) < 4.78 is 83.1. The highest BCUT2D eigenvalue weighted by Crippen LogP contribution is 2.36. The third kappa shape index (κ3) is 5.04. The third-order valence-electron chi connectivity index (χ3n) is 4.74. The molecule has 0 saturated carbocycles. The maximum Gasteiger partial charge on any atom is 0.416 e. The number of alkyl halides is 6. The maximum absolute atomic E-state index is 13.1. The fourth-order valence-corrected chi connectivity index (χ4v) is 3.18. The number of aromatic amines is 1. The molecule has 1 aromatic heterocycles. The summed E-state index contributed by atoms with van der Waals surface area (Å²) in [5.74, 6) is -2.19. The van der Waals surface area contributed by atoms with Crippen molar-refractivity contribution in [1.82, 2.24) is 10.3 Å². The van der Waals surface area contributed by atoms with E-state index in [2.05, 4.69) is 15.0 Å². The molecule has 2 aromatic carbocycles. The first kappa shape index (κ1) is 23.2. The molecule has 0 fully saturated rings. The van der Waals surface area contributed by atoms with Crippen LogP contribution in [0.3, 0.4) is 0 Å². The number of benzene rings is 2. The number of nitrogens with one attached hydrogen (secondary N) is 2. The van der Waals surface area contributed by atoms with Gasteiger partial charge in [0.25, 0.3) is 5.91 Å². The van der Waals surface area contributed by atoms with Crippen LogP contribution in [0, 0.1) is 0 Å². The van der Waals surface area contributed by atoms with Gasteiger partial charge in [0.2, 0.25) is 0 Å². The van der Waals surface area contributed by atoms with Gasteiger partial charge in [-0.15, -0.1) is 0 Å². The Balaban J connectivity index is 1.93. The van der Waals surface area contributed by atoms with Gasteiger partial charge in [-0.25, -0.2) is 4.79 Å². The smallest absolute Gasteiger partial charge is 0.416 e. The van der Waals surface area contributed by atoms with Crippen molar-refractivity contribution in [3.8, 4) is 0 Å². The SMILES string of the molecule is COC(=O)C(Cc1c[nH]c2ccccc12)NC(=O)c1cc(C(F)(F)F)cc(C(F)(F)F)c1. The van der Waals surface area contributed by atoms with Crippen LogP contribution in [0.25, 0.3) is 10.9 Å². The molecule has 0 saturated heterocycles. The monoisotopic (exact) mass is 458 g/mol. The Morgan fingerprint density at radius 1 is 1.00 bits per heavy atom. The summed E-state index contributed by atoms with van der Waals surface area (Å²) in [5.41, 5.74) is -2.83. The fraction of sp³-hybridized carbons (Fsp3) is 0.238. The van der Waals surface area contributed by atoms with Crippen LogP contribution in [-0.4, -0.2) is 30.0 Å². The summed E-state index contributed by atoms with van der Waals surface area (Å²) in [4.78, 5) is 27.7. The molecule has 0 aliphatic rings. The summed E-state index contributed by atoms with van der Waals surface area (Å²) >= 11 is 0. The number of hydrogen-bond donors (Lipinski definition) is 2. The van der Waals surface area contributed by atoms with E-state index in [1.807, 2.05) is 0 Å². The highest BCUT2D eigenvalue weighted by molar-refractivity contribution is 5.97. The highest BCUT2D eigenvalue weighted by atomic mass is 19.4. The highest BCUT2D eigenvalue weighted by Gasteiger charge is 2.38. The lowest BCUT2D eigenvalue weighted by atomic mass is 10.0. The van der Waals surface area contributed by atoms with Crippen molar-refractivity contribution in [2.24, 2.45) is 0 Å². The van der Waals surface area contributed by atoms with Gasteiger partial charge in [0.15, 0.2) is 0 Å². The fourth-order valence-electron chi connectivity index (χ4n) is 3.18. The minimum Gasteiger partial charge on any atom is -0.467 e. The largest absolute Gasteiger partial charge is 0.467 e. The van der Waals surface area contributed by atoms with Gasteiger partial charge in [0.1, 0.15) is 6.04 Å². The molecule has 3 rings (SSSR count). The predicted molar refractivity (Wildman–Crippen MR) is 102 cm³/mol. The van der Waals surface area contributed by atoms with Crippen molar-refractivity contribution < 1.29 is 40.7 Å². The first-order chi connectivity index (χ1) is 14.9. The molecule has 2 N–H and O–H groups in total. The standard InChI is InChI=1S/C21H16F6N2O3/c1-32-19(31)17(8-12-10-28-16-5-3-2-4-15(12)16)29-18(30)11-6-13(20(22,23)24)9-14(7-11)21(25,26)27/h2-7,9-10,17,28H,8H2,1H3,(H,29,30). The number of hydrogen-bond acceptors (Lipinski definition) is 3. The summed E-state index contributed by atoms with van der Waals surface area (Å²) in [6.45, 7) is 0. The molecular formula is C21H16F6N2O3. The predicted octanol–water partition coefficient (Wildman–Crippen LogP) is 4.72. The molecule has 1 unspecified atom stereocenters. The van der Waals surface area contributed by atoms with Crippen LogP contribution in [0.1, 0.15) is 27.0 Å². The number of carbonyl (C=O) groups excluding carboxylic acids is 2. The van der Waals surface area contributed by atoms with E-state index in [9.17, 15) is 35.9 Å². The van der Waals surface area contributed by atoms with Crippen molar-refractivity contribution >= 4 is 22.8 Å². The van der Waals surface area contributed by atoms with Crippen LogP contribution < -0.4 is 5.32 Å². The van der Waals surface area contributed by atoms with Crippen molar-refractivity contribution in [2.45, 2.75) is 24.8 Å². The lowest BCUT2D eigenvalue weighted by molar-refractivity contribution is -0.144. The lowest BCUT2D eigenvalue weighted by Gasteiger charge is -2.18. The number of fused-ring (bicyclic) bond motifs is 1. The quantitative estimate of drug-likeness (QED) is 0.430. The molecule has 32 heavy (non-hydrogen) atoms. The van der Waals surface area contributed by atoms with Crippen molar-refractivity contribution in [3.63, 3.8) is 0 Å². The molecule has 1 atom stereocenters. The summed E-state index contributed by atoms with van der Waals surface area (Å²) in [7, 11) is 1.04. The zero-order valence-electron chi connectivity index (χ0n) is 16.4. The summed E-state index contributed by atoms with van der Waals surface area (Å²) in [5, 5.41) is 2.91. The molecule has 3 aromatic rings. The average molecular weight is 458 g/mol. The molecule has 0 aliphatic carbocycles. The first-order valence-electron chi connectivity index (χ1n) is 9.13. The van der Waals surface area contributed by atoms with E-state index in [4.69, 9.17) is 0 Å². The maximum atomic E-state index is 13.1. The second-order valence-electron chi connectivity index (χ2n) is 6.91. The second-order valence-corrected chi connectivity index (χ2v) is 6.91. The van der Waals surface area contributed by atoms with E-state index in [1.165, 1.54) is 0 Å². The Kier molecular flexibility index (Phi) is 6.20. The van der Waals surface area contributed by atoms with Crippen LogP contribution in [0.4, 0.5) is 26.3 Å². The molecule has 1 heterocycles. The number of esters is 1. The van der Waals surface area contributed by atoms with Gasteiger partial charge in [-0.2, -0.15) is 26.3 Å². The number of para-hydroxylation sites is 1. The number of methoxy groups -OCH3 is 1. The van der Waals surface area contributed by atoms with Gasteiger partial charge in [-0.1, -0.05) is 18.2 Å². The van der Waals surface area contributed by atoms with Crippen molar-refractivity contribution in [2.75, 3.05) is 7.11 Å². The molecule has 11 heteroatoms. The van der Waals surface area contributed by atoms with Crippen molar-refractivity contribution in [3.05, 3.63) is 70.9 Å². The van der Waals surface area contributed by atoms with Gasteiger partial charge in [-0.3, -0.25) is 4.79 Å². The van der Waals surface area contributed by atoms with Gasteiger partial charge >= 0.3 is 18.3 Å².